The average Bonchev–Trinajstić information content (AvgIpc) is 3.10. The predicted octanol–water partition coefficient (Wildman–Crippen LogP) is 3.50. The highest BCUT2D eigenvalue weighted by Gasteiger charge is 2.14. The molecule has 0 saturated heterocycles. The summed E-state index contributed by atoms with van der Waals surface area (Å²) in [5, 5.41) is 8.71. The Bertz CT molecular complexity index is 1280. The van der Waals surface area contributed by atoms with Gasteiger partial charge in [0, 0.05) is 5.02 Å². The second-order valence-electron chi connectivity index (χ2n) is 5.71. The van der Waals surface area contributed by atoms with Gasteiger partial charge < -0.3 is 14.8 Å². The number of anilines is 2. The number of aromatic nitrogens is 3. The molecular formula is C18H13ClN4O4S. The lowest BCUT2D eigenvalue weighted by Gasteiger charge is -2.08. The minimum absolute atomic E-state index is 0.317. The summed E-state index contributed by atoms with van der Waals surface area (Å²) in [6.07, 6.45) is 0. The van der Waals surface area contributed by atoms with Crippen molar-refractivity contribution >= 4 is 55.6 Å². The quantitative estimate of drug-likeness (QED) is 0.509. The van der Waals surface area contributed by atoms with E-state index in [4.69, 9.17) is 21.1 Å². The maximum Gasteiger partial charge on any atom is 0.337 e. The highest BCUT2D eigenvalue weighted by molar-refractivity contribution is 7.20. The van der Waals surface area contributed by atoms with Crippen LogP contribution >= 0.6 is 22.9 Å². The molecule has 10 heteroatoms. The number of rotatable bonds is 4. The fourth-order valence-corrected chi connectivity index (χ4v) is 3.68. The van der Waals surface area contributed by atoms with Crippen molar-refractivity contribution in [2.75, 3.05) is 19.5 Å². The number of fused-ring (bicyclic) bond motifs is 2. The molecule has 142 valence electrons. The highest BCUT2D eigenvalue weighted by Crippen LogP contribution is 2.32. The van der Waals surface area contributed by atoms with Crippen LogP contribution in [0.4, 0.5) is 10.8 Å². The number of halogens is 1. The van der Waals surface area contributed by atoms with E-state index in [1.54, 1.807) is 25.3 Å². The van der Waals surface area contributed by atoms with Gasteiger partial charge >= 0.3 is 5.97 Å². The summed E-state index contributed by atoms with van der Waals surface area (Å²) in [6.45, 7) is 0. The smallest absolute Gasteiger partial charge is 0.337 e. The number of ether oxygens (including phenoxy) is 2. The Morgan fingerprint density at radius 1 is 1.21 bits per heavy atom. The van der Waals surface area contributed by atoms with E-state index in [9.17, 15) is 9.59 Å². The molecule has 0 amide bonds. The lowest BCUT2D eigenvalue weighted by atomic mass is 10.1. The molecule has 0 aliphatic heterocycles. The van der Waals surface area contributed by atoms with Crippen molar-refractivity contribution in [1.29, 1.82) is 0 Å². The van der Waals surface area contributed by atoms with Crippen molar-refractivity contribution in [2.45, 2.75) is 0 Å². The Morgan fingerprint density at radius 2 is 2.04 bits per heavy atom. The van der Waals surface area contributed by atoms with E-state index in [0.29, 0.717) is 43.0 Å². The van der Waals surface area contributed by atoms with Crippen LogP contribution in [0.1, 0.15) is 10.4 Å². The standard InChI is InChI=1S/C18H13ClN4O4S/c1-26-14-6-4-10(19)8-13(14)20-17-22-23-15(24)11-5-3-9(16(25)27-2)7-12(11)21-18(23)28-17/h3-8H,1-2H3,(H,20,22). The first-order valence-corrected chi connectivity index (χ1v) is 9.22. The molecule has 0 fully saturated rings. The molecule has 28 heavy (non-hydrogen) atoms. The molecule has 0 spiro atoms. The minimum Gasteiger partial charge on any atom is -0.495 e. The third-order valence-corrected chi connectivity index (χ3v) is 5.08. The van der Waals surface area contributed by atoms with Gasteiger partial charge in [0.25, 0.3) is 5.56 Å². The zero-order chi connectivity index (χ0) is 19.8. The third-order valence-electron chi connectivity index (χ3n) is 4.02. The Hall–Kier alpha value is -3.17. The highest BCUT2D eigenvalue weighted by atomic mass is 35.5. The van der Waals surface area contributed by atoms with E-state index in [1.165, 1.54) is 41.2 Å². The SMILES string of the molecule is COC(=O)c1ccc2c(=O)n3nc(Nc4cc(Cl)ccc4OC)sc3nc2c1. The van der Waals surface area contributed by atoms with Crippen molar-refractivity contribution in [3.8, 4) is 5.75 Å². The summed E-state index contributed by atoms with van der Waals surface area (Å²) in [5.74, 6) is 0.0838. The molecule has 1 N–H and O–H groups in total. The first-order valence-electron chi connectivity index (χ1n) is 8.02. The summed E-state index contributed by atoms with van der Waals surface area (Å²) < 4.78 is 11.2. The van der Waals surface area contributed by atoms with Gasteiger partial charge in [0.1, 0.15) is 5.75 Å². The maximum absolute atomic E-state index is 12.8. The Morgan fingerprint density at radius 3 is 2.79 bits per heavy atom. The van der Waals surface area contributed by atoms with Crippen LogP contribution in [0.2, 0.25) is 5.02 Å². The monoisotopic (exact) mass is 416 g/mol. The molecule has 4 aromatic rings. The molecular weight excluding hydrogens is 404 g/mol. The van der Waals surface area contributed by atoms with Gasteiger partial charge in [0.05, 0.1) is 36.4 Å². The van der Waals surface area contributed by atoms with Gasteiger partial charge in [-0.3, -0.25) is 4.79 Å². The van der Waals surface area contributed by atoms with Gasteiger partial charge in [0.15, 0.2) is 0 Å². The summed E-state index contributed by atoms with van der Waals surface area (Å²) in [5.41, 5.74) is 0.986. The number of carbonyl (C=O) groups is 1. The van der Waals surface area contributed by atoms with Crippen molar-refractivity contribution in [1.82, 2.24) is 14.6 Å². The number of nitrogens with one attached hydrogen (secondary N) is 1. The molecule has 0 saturated carbocycles. The molecule has 2 heterocycles. The Labute approximate surface area is 167 Å². The van der Waals surface area contributed by atoms with Gasteiger partial charge in [-0.1, -0.05) is 22.9 Å². The van der Waals surface area contributed by atoms with E-state index in [2.05, 4.69) is 15.4 Å². The number of hydrogen-bond acceptors (Lipinski definition) is 8. The maximum atomic E-state index is 12.8. The Balaban J connectivity index is 1.81. The second kappa shape index (κ2) is 7.10. The lowest BCUT2D eigenvalue weighted by molar-refractivity contribution is 0.0601. The number of hydrogen-bond donors (Lipinski definition) is 1. The normalized spacial score (nSPS) is 11.0. The average molecular weight is 417 g/mol. The number of esters is 1. The molecule has 0 atom stereocenters. The number of benzene rings is 2. The second-order valence-corrected chi connectivity index (χ2v) is 7.10. The van der Waals surface area contributed by atoms with Gasteiger partial charge in [0.2, 0.25) is 10.1 Å². The number of nitrogens with zero attached hydrogens (tertiary/aromatic N) is 3. The fourth-order valence-electron chi connectivity index (χ4n) is 2.70. The number of methoxy groups -OCH3 is 2. The van der Waals surface area contributed by atoms with Crippen molar-refractivity contribution < 1.29 is 14.3 Å². The van der Waals surface area contributed by atoms with E-state index >= 15 is 0 Å². The zero-order valence-electron chi connectivity index (χ0n) is 14.7. The molecule has 2 aromatic heterocycles. The molecule has 2 aromatic carbocycles. The van der Waals surface area contributed by atoms with Gasteiger partial charge in [-0.25, -0.2) is 9.78 Å². The topological polar surface area (TPSA) is 94.8 Å². The summed E-state index contributed by atoms with van der Waals surface area (Å²) in [4.78, 5) is 29.3. The lowest BCUT2D eigenvalue weighted by Crippen LogP contribution is -2.15. The van der Waals surface area contributed by atoms with Gasteiger partial charge in [-0.2, -0.15) is 4.52 Å². The number of carbonyl (C=O) groups excluding carboxylic acids is 1. The zero-order valence-corrected chi connectivity index (χ0v) is 16.3. The van der Waals surface area contributed by atoms with E-state index in [0.717, 1.165) is 0 Å². The Kier molecular flexibility index (Phi) is 4.62. The molecule has 8 nitrogen and oxygen atoms in total. The molecule has 0 aliphatic carbocycles. The van der Waals surface area contributed by atoms with Crippen LogP contribution in [0.15, 0.2) is 41.2 Å². The molecule has 0 bridgehead atoms. The van der Waals surface area contributed by atoms with Crippen LogP contribution in [-0.4, -0.2) is 34.8 Å². The van der Waals surface area contributed by atoms with Crippen molar-refractivity contribution in [2.24, 2.45) is 0 Å². The summed E-state index contributed by atoms with van der Waals surface area (Å²) in [6, 6.07) is 9.71. The van der Waals surface area contributed by atoms with E-state index in [-0.39, 0.29) is 5.56 Å². The van der Waals surface area contributed by atoms with Crippen LogP contribution in [0.5, 0.6) is 5.75 Å². The van der Waals surface area contributed by atoms with Crippen LogP contribution < -0.4 is 15.6 Å². The molecule has 4 rings (SSSR count). The summed E-state index contributed by atoms with van der Waals surface area (Å²) >= 11 is 7.23. The van der Waals surface area contributed by atoms with Crippen molar-refractivity contribution in [3.05, 3.63) is 57.3 Å². The molecule has 0 aliphatic rings. The molecule has 0 unspecified atom stereocenters. The van der Waals surface area contributed by atoms with Crippen LogP contribution in [-0.2, 0) is 4.74 Å². The predicted molar refractivity (Wildman–Crippen MR) is 107 cm³/mol. The first kappa shape index (κ1) is 18.2. The van der Waals surface area contributed by atoms with Gasteiger partial charge in [-0.15, -0.1) is 5.10 Å². The molecule has 0 radical (unpaired) electrons. The fraction of sp³-hybridized carbons (Fsp3) is 0.111. The van der Waals surface area contributed by atoms with E-state index in [1.807, 2.05) is 0 Å². The van der Waals surface area contributed by atoms with Crippen LogP contribution in [0, 0.1) is 0 Å². The summed E-state index contributed by atoms with van der Waals surface area (Å²) in [7, 11) is 2.84. The van der Waals surface area contributed by atoms with Crippen LogP contribution in [0.25, 0.3) is 15.9 Å². The van der Waals surface area contributed by atoms with Crippen LogP contribution in [0.3, 0.4) is 0 Å². The first-order chi connectivity index (χ1) is 13.5. The van der Waals surface area contributed by atoms with Crippen molar-refractivity contribution in [3.63, 3.8) is 0 Å². The largest absolute Gasteiger partial charge is 0.495 e. The third kappa shape index (κ3) is 3.14. The minimum atomic E-state index is -0.497. The van der Waals surface area contributed by atoms with E-state index < -0.39 is 5.97 Å². The van der Waals surface area contributed by atoms with Gasteiger partial charge in [-0.05, 0) is 36.4 Å².